The minimum atomic E-state index is -0.0786. The molecule has 4 heteroatoms. The fraction of sp³-hybridized carbons (Fsp3) is 0.455. The molecule has 1 saturated heterocycles. The highest BCUT2D eigenvalue weighted by atomic mass is 35.5. The van der Waals surface area contributed by atoms with Crippen molar-refractivity contribution in [3.8, 4) is 5.75 Å². The number of hydrogen-bond donors (Lipinski definition) is 1. The van der Waals surface area contributed by atoms with E-state index in [9.17, 15) is 0 Å². The molecule has 0 aromatic heterocycles. The molecule has 1 heterocycles. The maximum Gasteiger partial charge on any atom is 0.119 e. The van der Waals surface area contributed by atoms with Crippen molar-refractivity contribution in [1.82, 2.24) is 0 Å². The Balaban J connectivity index is 1.81. The lowest BCUT2D eigenvalue weighted by molar-refractivity contribution is -0.0738. The lowest BCUT2D eigenvalue weighted by atomic mass is 9.85. The van der Waals surface area contributed by atoms with E-state index in [1.807, 2.05) is 31.2 Å². The molecule has 26 heavy (non-hydrogen) atoms. The van der Waals surface area contributed by atoms with E-state index in [1.54, 1.807) is 0 Å². The maximum absolute atomic E-state index is 6.46. The topological polar surface area (TPSA) is 44.5 Å². The highest BCUT2D eigenvalue weighted by Crippen LogP contribution is 2.35. The molecule has 3 nitrogen and oxygen atoms in total. The largest absolute Gasteiger partial charge is 0.494 e. The van der Waals surface area contributed by atoms with Gasteiger partial charge in [0.1, 0.15) is 5.75 Å². The summed E-state index contributed by atoms with van der Waals surface area (Å²) in [5.41, 5.74) is 9.83. The zero-order valence-electron chi connectivity index (χ0n) is 15.7. The van der Waals surface area contributed by atoms with Gasteiger partial charge in [-0.15, -0.1) is 0 Å². The van der Waals surface area contributed by atoms with E-state index in [2.05, 4.69) is 32.0 Å². The summed E-state index contributed by atoms with van der Waals surface area (Å²) in [4.78, 5) is 0. The van der Waals surface area contributed by atoms with Crippen molar-refractivity contribution >= 4 is 11.6 Å². The third kappa shape index (κ3) is 4.40. The molecule has 1 unspecified atom stereocenters. The summed E-state index contributed by atoms with van der Waals surface area (Å²) >= 11 is 6.46. The van der Waals surface area contributed by atoms with Gasteiger partial charge in [0.2, 0.25) is 0 Å². The monoisotopic (exact) mass is 373 g/mol. The number of ether oxygens (including phenoxy) is 2. The number of rotatable bonds is 5. The van der Waals surface area contributed by atoms with Gasteiger partial charge in [0.05, 0.1) is 18.8 Å². The summed E-state index contributed by atoms with van der Waals surface area (Å²) < 4.78 is 11.7. The summed E-state index contributed by atoms with van der Waals surface area (Å²) in [6.45, 7) is 6.98. The first kappa shape index (κ1) is 19.2. The Morgan fingerprint density at radius 2 is 1.88 bits per heavy atom. The third-order valence-corrected chi connectivity index (χ3v) is 5.49. The Morgan fingerprint density at radius 1 is 1.15 bits per heavy atom. The fourth-order valence-corrected chi connectivity index (χ4v) is 3.86. The predicted octanol–water partition coefficient (Wildman–Crippen LogP) is 5.14. The molecule has 4 atom stereocenters. The van der Waals surface area contributed by atoms with E-state index in [1.165, 1.54) is 5.56 Å². The zero-order valence-corrected chi connectivity index (χ0v) is 16.5. The van der Waals surface area contributed by atoms with Gasteiger partial charge < -0.3 is 15.2 Å². The van der Waals surface area contributed by atoms with Crippen molar-refractivity contribution in [3.05, 3.63) is 64.2 Å². The average Bonchev–Trinajstić information content (AvgIpc) is 2.62. The van der Waals surface area contributed by atoms with Gasteiger partial charge in [-0.2, -0.15) is 0 Å². The Hall–Kier alpha value is -1.55. The van der Waals surface area contributed by atoms with Crippen molar-refractivity contribution < 1.29 is 9.47 Å². The summed E-state index contributed by atoms with van der Waals surface area (Å²) in [5, 5.41) is 0.771. The minimum Gasteiger partial charge on any atom is -0.494 e. The van der Waals surface area contributed by atoms with Gasteiger partial charge in [0.15, 0.2) is 0 Å². The zero-order chi connectivity index (χ0) is 18.7. The molecule has 2 N–H and O–H groups in total. The second-order valence-electron chi connectivity index (χ2n) is 7.26. The van der Waals surface area contributed by atoms with Crippen LogP contribution in [-0.4, -0.2) is 18.8 Å². The molecule has 0 spiro atoms. The van der Waals surface area contributed by atoms with Crippen molar-refractivity contribution in [2.75, 3.05) is 6.61 Å². The van der Waals surface area contributed by atoms with Gasteiger partial charge in [-0.3, -0.25) is 0 Å². The average molecular weight is 374 g/mol. The SMILES string of the molecule is CCOc1ccc(Cc2cc([C@@H]3O[C@H](C)CC(C)[C@H]3N)ccc2Cl)cc1. The molecule has 0 radical (unpaired) electrons. The van der Waals surface area contributed by atoms with E-state index in [4.69, 9.17) is 26.8 Å². The summed E-state index contributed by atoms with van der Waals surface area (Å²) in [6.07, 6.45) is 1.92. The standard InChI is InChI=1S/C22H28ClNO2/c1-4-25-19-8-5-16(6-9-19)12-18-13-17(7-10-20(18)23)22-21(24)14(2)11-15(3)26-22/h5-10,13-15,21-22H,4,11-12,24H2,1-3H3/t14?,15-,21-,22+/m1/s1. The number of benzene rings is 2. The van der Waals surface area contributed by atoms with Gasteiger partial charge in [-0.1, -0.05) is 42.8 Å². The molecule has 0 bridgehead atoms. The van der Waals surface area contributed by atoms with Crippen molar-refractivity contribution in [2.45, 2.75) is 51.9 Å². The van der Waals surface area contributed by atoms with Gasteiger partial charge in [0, 0.05) is 11.1 Å². The number of hydrogen-bond acceptors (Lipinski definition) is 3. The van der Waals surface area contributed by atoms with Crippen molar-refractivity contribution in [1.29, 1.82) is 0 Å². The van der Waals surface area contributed by atoms with Crippen LogP contribution in [0, 0.1) is 5.92 Å². The van der Waals surface area contributed by atoms with Gasteiger partial charge in [-0.25, -0.2) is 0 Å². The van der Waals surface area contributed by atoms with E-state index < -0.39 is 0 Å². The van der Waals surface area contributed by atoms with Crippen LogP contribution in [0.2, 0.25) is 5.02 Å². The van der Waals surface area contributed by atoms with Gasteiger partial charge in [0.25, 0.3) is 0 Å². The molecule has 2 aromatic rings. The Morgan fingerprint density at radius 3 is 2.58 bits per heavy atom. The number of halogens is 1. The van der Waals surface area contributed by atoms with E-state index in [0.29, 0.717) is 12.5 Å². The lowest BCUT2D eigenvalue weighted by Gasteiger charge is -2.38. The molecule has 3 rings (SSSR count). The smallest absolute Gasteiger partial charge is 0.119 e. The van der Waals surface area contributed by atoms with Crippen LogP contribution in [0.5, 0.6) is 5.75 Å². The predicted molar refractivity (Wildman–Crippen MR) is 107 cm³/mol. The Bertz CT molecular complexity index is 731. The van der Waals surface area contributed by atoms with Crippen LogP contribution in [0.25, 0.3) is 0 Å². The van der Waals surface area contributed by atoms with Crippen molar-refractivity contribution in [2.24, 2.45) is 11.7 Å². The molecule has 0 saturated carbocycles. The summed E-state index contributed by atoms with van der Waals surface area (Å²) in [5.74, 6) is 1.33. The lowest BCUT2D eigenvalue weighted by Crippen LogP contribution is -2.43. The Kier molecular flexibility index (Phi) is 6.23. The molecule has 1 fully saturated rings. The third-order valence-electron chi connectivity index (χ3n) is 5.12. The molecule has 140 valence electrons. The van der Waals surface area contributed by atoms with E-state index >= 15 is 0 Å². The van der Waals surface area contributed by atoms with Gasteiger partial charge >= 0.3 is 0 Å². The second kappa shape index (κ2) is 8.43. The second-order valence-corrected chi connectivity index (χ2v) is 7.67. The van der Waals surface area contributed by atoms with E-state index in [-0.39, 0.29) is 18.2 Å². The van der Waals surface area contributed by atoms with Crippen LogP contribution >= 0.6 is 11.6 Å². The van der Waals surface area contributed by atoms with E-state index in [0.717, 1.165) is 34.7 Å². The quantitative estimate of drug-likeness (QED) is 0.788. The van der Waals surface area contributed by atoms with Crippen LogP contribution in [-0.2, 0) is 11.2 Å². The summed E-state index contributed by atoms with van der Waals surface area (Å²) in [6, 6.07) is 14.3. The molecule has 0 amide bonds. The van der Waals surface area contributed by atoms with Gasteiger partial charge in [-0.05, 0) is 67.5 Å². The molecule has 2 aromatic carbocycles. The Labute approximate surface area is 161 Å². The fourth-order valence-electron chi connectivity index (χ4n) is 3.67. The molecular formula is C22H28ClNO2. The highest BCUT2D eigenvalue weighted by Gasteiger charge is 2.33. The summed E-state index contributed by atoms with van der Waals surface area (Å²) in [7, 11) is 0. The number of nitrogens with two attached hydrogens (primary N) is 1. The van der Waals surface area contributed by atoms with Crippen LogP contribution in [0.3, 0.4) is 0 Å². The first-order valence-electron chi connectivity index (χ1n) is 9.39. The minimum absolute atomic E-state index is 0.00528. The highest BCUT2D eigenvalue weighted by molar-refractivity contribution is 6.31. The maximum atomic E-state index is 6.46. The first-order chi connectivity index (χ1) is 12.5. The molecule has 1 aliphatic heterocycles. The molecular weight excluding hydrogens is 346 g/mol. The molecule has 1 aliphatic rings. The van der Waals surface area contributed by atoms with Crippen molar-refractivity contribution in [3.63, 3.8) is 0 Å². The van der Waals surface area contributed by atoms with Crippen LogP contribution in [0.15, 0.2) is 42.5 Å². The van der Waals surface area contributed by atoms with Crippen LogP contribution in [0.4, 0.5) is 0 Å². The van der Waals surface area contributed by atoms with Crippen LogP contribution in [0.1, 0.15) is 50.0 Å². The normalized spacial score (nSPS) is 25.9. The van der Waals surface area contributed by atoms with Crippen LogP contribution < -0.4 is 10.5 Å². The first-order valence-corrected chi connectivity index (χ1v) is 9.76. The molecule has 0 aliphatic carbocycles.